The lowest BCUT2D eigenvalue weighted by Gasteiger charge is -2.07. The Balaban J connectivity index is 3.39. The second kappa shape index (κ2) is 4.73. The number of carbonyl (C=O) groups is 1. The van der Waals surface area contributed by atoms with Gasteiger partial charge in [-0.15, -0.1) is 0 Å². The third-order valence-electron chi connectivity index (χ3n) is 1.33. The van der Waals surface area contributed by atoms with Crippen LogP contribution < -0.4 is 5.73 Å². The Kier molecular flexibility index (Phi) is 4.29. The quantitative estimate of drug-likeness (QED) is 0.514. The maximum atomic E-state index is 10.0. The van der Waals surface area contributed by atoms with Crippen LogP contribution in [0.3, 0.4) is 0 Å². The van der Waals surface area contributed by atoms with E-state index in [9.17, 15) is 4.79 Å². The lowest BCUT2D eigenvalue weighted by atomic mass is 10.1. The SMILES string of the molecule is C=C(O)[C@@H](N)CCCC(=O)O. The molecule has 0 amide bonds. The molecule has 0 radical (unpaired) electrons. The van der Waals surface area contributed by atoms with Crippen LogP contribution in [0, 0.1) is 0 Å². The first-order valence-corrected chi connectivity index (χ1v) is 3.39. The lowest BCUT2D eigenvalue weighted by molar-refractivity contribution is -0.137. The van der Waals surface area contributed by atoms with E-state index in [-0.39, 0.29) is 12.2 Å². The molecule has 64 valence electrons. The average molecular weight is 159 g/mol. The Labute approximate surface area is 65.3 Å². The van der Waals surface area contributed by atoms with Gasteiger partial charge in [0.15, 0.2) is 0 Å². The summed E-state index contributed by atoms with van der Waals surface area (Å²) in [5.74, 6) is -0.934. The summed E-state index contributed by atoms with van der Waals surface area (Å²) in [6, 6.07) is -0.491. The van der Waals surface area contributed by atoms with Crippen LogP contribution in [0.2, 0.25) is 0 Å². The van der Waals surface area contributed by atoms with Crippen LogP contribution in [0.25, 0.3) is 0 Å². The number of hydrogen-bond acceptors (Lipinski definition) is 3. The molecule has 1 atom stereocenters. The molecular weight excluding hydrogens is 146 g/mol. The summed E-state index contributed by atoms with van der Waals surface area (Å²) in [5, 5.41) is 17.0. The van der Waals surface area contributed by atoms with Crippen LogP contribution in [-0.4, -0.2) is 22.2 Å². The molecule has 11 heavy (non-hydrogen) atoms. The van der Waals surface area contributed by atoms with E-state index in [1.54, 1.807) is 0 Å². The van der Waals surface area contributed by atoms with Gasteiger partial charge < -0.3 is 15.9 Å². The van der Waals surface area contributed by atoms with E-state index in [2.05, 4.69) is 6.58 Å². The molecule has 0 saturated heterocycles. The van der Waals surface area contributed by atoms with E-state index in [0.29, 0.717) is 12.8 Å². The van der Waals surface area contributed by atoms with Crippen molar-refractivity contribution in [2.45, 2.75) is 25.3 Å². The van der Waals surface area contributed by atoms with Crippen molar-refractivity contribution in [1.29, 1.82) is 0 Å². The van der Waals surface area contributed by atoms with Gasteiger partial charge in [-0.25, -0.2) is 0 Å². The fourth-order valence-corrected chi connectivity index (χ4v) is 0.640. The van der Waals surface area contributed by atoms with E-state index >= 15 is 0 Å². The molecule has 0 unspecified atom stereocenters. The summed E-state index contributed by atoms with van der Waals surface area (Å²) in [5.41, 5.74) is 5.36. The second-order valence-corrected chi connectivity index (χ2v) is 2.38. The van der Waals surface area contributed by atoms with Gasteiger partial charge in [0.2, 0.25) is 0 Å². The van der Waals surface area contributed by atoms with E-state index in [4.69, 9.17) is 15.9 Å². The van der Waals surface area contributed by atoms with Gasteiger partial charge in [-0.2, -0.15) is 0 Å². The zero-order valence-electron chi connectivity index (χ0n) is 6.29. The number of aliphatic hydroxyl groups is 1. The summed E-state index contributed by atoms with van der Waals surface area (Å²) in [6.07, 6.45) is 1.01. The fourth-order valence-electron chi connectivity index (χ4n) is 0.640. The van der Waals surface area contributed by atoms with Crippen LogP contribution in [0.4, 0.5) is 0 Å². The molecule has 0 fully saturated rings. The summed E-state index contributed by atoms with van der Waals surface area (Å²) >= 11 is 0. The number of carboxylic acid groups (broad SMARTS) is 1. The molecule has 0 heterocycles. The fraction of sp³-hybridized carbons (Fsp3) is 0.571. The molecule has 0 aromatic heterocycles. The van der Waals surface area contributed by atoms with Crippen molar-refractivity contribution in [2.75, 3.05) is 0 Å². The minimum absolute atomic E-state index is 0.0843. The van der Waals surface area contributed by atoms with Crippen LogP contribution in [0.1, 0.15) is 19.3 Å². The maximum absolute atomic E-state index is 10.0. The summed E-state index contributed by atoms with van der Waals surface area (Å²) < 4.78 is 0. The topological polar surface area (TPSA) is 83.5 Å². The first kappa shape index (κ1) is 9.97. The predicted octanol–water partition coefficient (Wildman–Crippen LogP) is 0.640. The maximum Gasteiger partial charge on any atom is 0.303 e. The Morgan fingerprint density at radius 1 is 1.55 bits per heavy atom. The minimum Gasteiger partial charge on any atom is -0.511 e. The van der Waals surface area contributed by atoms with Crippen molar-refractivity contribution in [2.24, 2.45) is 5.73 Å². The highest BCUT2D eigenvalue weighted by atomic mass is 16.4. The molecule has 0 aliphatic rings. The molecular formula is C7H13NO3. The third-order valence-corrected chi connectivity index (χ3v) is 1.33. The molecule has 0 bridgehead atoms. The number of nitrogens with two attached hydrogens (primary N) is 1. The highest BCUT2D eigenvalue weighted by molar-refractivity contribution is 5.66. The van der Waals surface area contributed by atoms with Crippen LogP contribution in [0.5, 0.6) is 0 Å². The van der Waals surface area contributed by atoms with E-state index in [1.807, 2.05) is 0 Å². The summed E-state index contributed by atoms with van der Waals surface area (Å²) in [7, 11) is 0. The van der Waals surface area contributed by atoms with Crippen molar-refractivity contribution in [1.82, 2.24) is 0 Å². The van der Waals surface area contributed by atoms with Gasteiger partial charge >= 0.3 is 5.97 Å². The standard InChI is InChI=1S/C7H13NO3/c1-5(9)6(8)3-2-4-7(10)11/h6,9H,1-4,8H2,(H,10,11)/t6-/m0/s1. The Morgan fingerprint density at radius 2 is 2.09 bits per heavy atom. The van der Waals surface area contributed by atoms with Gasteiger partial charge in [0.05, 0.1) is 6.04 Å². The van der Waals surface area contributed by atoms with Crippen LogP contribution in [0.15, 0.2) is 12.3 Å². The van der Waals surface area contributed by atoms with Gasteiger partial charge in [0, 0.05) is 6.42 Å². The number of hydrogen-bond donors (Lipinski definition) is 3. The van der Waals surface area contributed by atoms with Crippen molar-refractivity contribution >= 4 is 5.97 Å². The van der Waals surface area contributed by atoms with Gasteiger partial charge in [0.1, 0.15) is 5.76 Å². The van der Waals surface area contributed by atoms with Crippen molar-refractivity contribution < 1.29 is 15.0 Å². The molecule has 0 aliphatic carbocycles. The molecule has 4 heteroatoms. The highest BCUT2D eigenvalue weighted by Gasteiger charge is 2.05. The second-order valence-electron chi connectivity index (χ2n) is 2.38. The summed E-state index contributed by atoms with van der Waals surface area (Å²) in [4.78, 5) is 10.0. The van der Waals surface area contributed by atoms with Crippen molar-refractivity contribution in [3.05, 3.63) is 12.3 Å². The highest BCUT2D eigenvalue weighted by Crippen LogP contribution is 2.03. The first-order chi connectivity index (χ1) is 5.04. The largest absolute Gasteiger partial charge is 0.511 e. The number of carboxylic acids is 1. The van der Waals surface area contributed by atoms with Gasteiger partial charge in [0.25, 0.3) is 0 Å². The van der Waals surface area contributed by atoms with E-state index in [0.717, 1.165) is 0 Å². The van der Waals surface area contributed by atoms with Gasteiger partial charge in [-0.3, -0.25) is 4.79 Å². The number of rotatable bonds is 5. The zero-order valence-corrected chi connectivity index (χ0v) is 6.29. The smallest absolute Gasteiger partial charge is 0.303 e. The molecule has 0 aromatic carbocycles. The summed E-state index contributed by atoms with van der Waals surface area (Å²) in [6.45, 7) is 3.24. The molecule has 0 aliphatic heterocycles. The molecule has 4 N–H and O–H groups in total. The minimum atomic E-state index is -0.847. The first-order valence-electron chi connectivity index (χ1n) is 3.39. The van der Waals surface area contributed by atoms with E-state index in [1.165, 1.54) is 0 Å². The molecule has 0 aromatic rings. The molecule has 4 nitrogen and oxygen atoms in total. The predicted molar refractivity (Wildman–Crippen MR) is 41.2 cm³/mol. The van der Waals surface area contributed by atoms with Gasteiger partial charge in [-0.05, 0) is 12.8 Å². The van der Waals surface area contributed by atoms with Crippen molar-refractivity contribution in [3.63, 3.8) is 0 Å². The Bertz CT molecular complexity index is 156. The number of aliphatic hydroxyl groups excluding tert-OH is 1. The molecule has 0 rings (SSSR count). The van der Waals surface area contributed by atoms with Crippen molar-refractivity contribution in [3.8, 4) is 0 Å². The average Bonchev–Trinajstić information content (AvgIpc) is 1.86. The normalized spacial score (nSPS) is 12.5. The Hall–Kier alpha value is -1.03. The third kappa shape index (κ3) is 5.42. The zero-order chi connectivity index (χ0) is 8.85. The number of aliphatic carboxylic acids is 1. The lowest BCUT2D eigenvalue weighted by Crippen LogP contribution is -2.21. The van der Waals surface area contributed by atoms with E-state index < -0.39 is 12.0 Å². The Morgan fingerprint density at radius 3 is 2.45 bits per heavy atom. The van der Waals surface area contributed by atoms with Gasteiger partial charge in [-0.1, -0.05) is 6.58 Å². The molecule has 0 saturated carbocycles. The van der Waals surface area contributed by atoms with Crippen LogP contribution >= 0.6 is 0 Å². The monoisotopic (exact) mass is 159 g/mol. The van der Waals surface area contributed by atoms with Crippen LogP contribution in [-0.2, 0) is 4.79 Å². The molecule has 0 spiro atoms.